The predicted octanol–water partition coefficient (Wildman–Crippen LogP) is 3.90. The monoisotopic (exact) mass is 291 g/mol. The summed E-state index contributed by atoms with van der Waals surface area (Å²) < 4.78 is 12.8. The molecule has 0 aliphatic heterocycles. The van der Waals surface area contributed by atoms with Gasteiger partial charge in [0.1, 0.15) is 5.82 Å². The minimum absolute atomic E-state index is 0.116. The van der Waals surface area contributed by atoms with Gasteiger partial charge in [-0.1, -0.05) is 41.9 Å². The van der Waals surface area contributed by atoms with Crippen LogP contribution in [0, 0.1) is 5.82 Å². The molecule has 0 aromatic heterocycles. The van der Waals surface area contributed by atoms with Gasteiger partial charge in [-0.05, 0) is 36.2 Å². The van der Waals surface area contributed by atoms with E-state index >= 15 is 0 Å². The summed E-state index contributed by atoms with van der Waals surface area (Å²) in [6.45, 7) is 1.86. The van der Waals surface area contributed by atoms with E-state index in [9.17, 15) is 9.18 Å². The minimum Gasteiger partial charge on any atom is -0.349 e. The Morgan fingerprint density at radius 1 is 1.20 bits per heavy atom. The maximum Gasteiger partial charge on any atom is 0.224 e. The number of amides is 1. The molecule has 20 heavy (non-hydrogen) atoms. The van der Waals surface area contributed by atoms with Gasteiger partial charge < -0.3 is 5.32 Å². The molecular weight excluding hydrogens is 277 g/mol. The van der Waals surface area contributed by atoms with Gasteiger partial charge in [-0.3, -0.25) is 4.79 Å². The van der Waals surface area contributed by atoms with Gasteiger partial charge in [0.15, 0.2) is 0 Å². The first-order valence-electron chi connectivity index (χ1n) is 6.34. The van der Waals surface area contributed by atoms with Gasteiger partial charge in [0.2, 0.25) is 5.91 Å². The summed E-state index contributed by atoms with van der Waals surface area (Å²) in [4.78, 5) is 12.0. The average molecular weight is 292 g/mol. The lowest BCUT2D eigenvalue weighted by Gasteiger charge is -2.14. The van der Waals surface area contributed by atoms with Crippen molar-refractivity contribution in [3.8, 4) is 0 Å². The number of carbonyl (C=O) groups is 1. The van der Waals surface area contributed by atoms with Crippen molar-refractivity contribution >= 4 is 17.5 Å². The maximum absolute atomic E-state index is 12.8. The van der Waals surface area contributed by atoms with Crippen molar-refractivity contribution in [1.82, 2.24) is 5.32 Å². The van der Waals surface area contributed by atoms with E-state index in [0.29, 0.717) is 5.02 Å². The second-order valence-electron chi connectivity index (χ2n) is 4.61. The third-order valence-electron chi connectivity index (χ3n) is 3.06. The molecule has 1 atom stereocenters. The van der Waals surface area contributed by atoms with Crippen LogP contribution in [0.3, 0.4) is 0 Å². The molecule has 0 bridgehead atoms. The SMILES string of the molecule is C[C@H](NC(=O)Cc1ccccc1Cl)c1ccc(F)cc1. The molecule has 2 aromatic carbocycles. The van der Waals surface area contributed by atoms with Crippen LogP contribution < -0.4 is 5.32 Å². The smallest absolute Gasteiger partial charge is 0.224 e. The number of benzene rings is 2. The summed E-state index contributed by atoms with van der Waals surface area (Å²) in [6.07, 6.45) is 0.227. The van der Waals surface area contributed by atoms with Gasteiger partial charge in [0.25, 0.3) is 0 Å². The van der Waals surface area contributed by atoms with Crippen molar-refractivity contribution in [2.75, 3.05) is 0 Å². The summed E-state index contributed by atoms with van der Waals surface area (Å²) in [5.41, 5.74) is 1.65. The Bertz CT molecular complexity index is 598. The summed E-state index contributed by atoms with van der Waals surface area (Å²) in [5, 5.41) is 3.45. The van der Waals surface area contributed by atoms with E-state index in [2.05, 4.69) is 5.32 Å². The van der Waals surface area contributed by atoms with Gasteiger partial charge >= 0.3 is 0 Å². The zero-order valence-corrected chi connectivity index (χ0v) is 11.8. The molecule has 4 heteroatoms. The fourth-order valence-electron chi connectivity index (χ4n) is 1.94. The first kappa shape index (κ1) is 14.5. The Balaban J connectivity index is 1.98. The highest BCUT2D eigenvalue weighted by Gasteiger charge is 2.11. The molecule has 0 spiro atoms. The van der Waals surface area contributed by atoms with Gasteiger partial charge in [0, 0.05) is 5.02 Å². The zero-order valence-electron chi connectivity index (χ0n) is 11.1. The molecule has 0 aliphatic carbocycles. The lowest BCUT2D eigenvalue weighted by atomic mass is 10.1. The highest BCUT2D eigenvalue weighted by Crippen LogP contribution is 2.17. The van der Waals surface area contributed by atoms with Crippen LogP contribution in [0.15, 0.2) is 48.5 Å². The van der Waals surface area contributed by atoms with Crippen LogP contribution in [-0.4, -0.2) is 5.91 Å². The summed E-state index contributed by atoms with van der Waals surface area (Å²) >= 11 is 6.02. The van der Waals surface area contributed by atoms with E-state index in [1.165, 1.54) is 12.1 Å². The number of halogens is 2. The molecular formula is C16H15ClFNO. The van der Waals surface area contributed by atoms with Crippen LogP contribution in [0.4, 0.5) is 4.39 Å². The molecule has 0 heterocycles. The van der Waals surface area contributed by atoms with Gasteiger partial charge in [-0.25, -0.2) is 4.39 Å². The van der Waals surface area contributed by atoms with Crippen molar-refractivity contribution in [3.63, 3.8) is 0 Å². The van der Waals surface area contributed by atoms with Gasteiger partial charge in [-0.15, -0.1) is 0 Å². The molecule has 0 saturated carbocycles. The molecule has 1 N–H and O–H groups in total. The molecule has 0 fully saturated rings. The highest BCUT2D eigenvalue weighted by atomic mass is 35.5. The standard InChI is InChI=1S/C16H15ClFNO/c1-11(12-6-8-14(18)9-7-12)19-16(20)10-13-4-2-3-5-15(13)17/h2-9,11H,10H2,1H3,(H,19,20)/t11-/m0/s1. The Morgan fingerprint density at radius 2 is 1.85 bits per heavy atom. The van der Waals surface area contributed by atoms with Crippen molar-refractivity contribution in [2.45, 2.75) is 19.4 Å². The lowest BCUT2D eigenvalue weighted by molar-refractivity contribution is -0.121. The van der Waals surface area contributed by atoms with Crippen molar-refractivity contribution < 1.29 is 9.18 Å². The van der Waals surface area contributed by atoms with Crippen molar-refractivity contribution in [2.24, 2.45) is 0 Å². The normalized spacial score (nSPS) is 11.9. The Hall–Kier alpha value is -1.87. The van der Waals surface area contributed by atoms with E-state index in [1.54, 1.807) is 18.2 Å². The Kier molecular flexibility index (Phi) is 4.74. The van der Waals surface area contributed by atoms with Crippen LogP contribution in [-0.2, 0) is 11.2 Å². The van der Waals surface area contributed by atoms with Crippen LogP contribution in [0.1, 0.15) is 24.1 Å². The van der Waals surface area contributed by atoms with Crippen LogP contribution in [0.5, 0.6) is 0 Å². The first-order valence-corrected chi connectivity index (χ1v) is 6.72. The number of rotatable bonds is 4. The molecule has 1 amide bonds. The predicted molar refractivity (Wildman–Crippen MR) is 78.1 cm³/mol. The Morgan fingerprint density at radius 3 is 2.50 bits per heavy atom. The van der Waals surface area contributed by atoms with E-state index in [4.69, 9.17) is 11.6 Å². The molecule has 2 nitrogen and oxygen atoms in total. The van der Waals surface area contributed by atoms with E-state index < -0.39 is 0 Å². The van der Waals surface area contributed by atoms with Crippen LogP contribution in [0.25, 0.3) is 0 Å². The van der Waals surface area contributed by atoms with Crippen LogP contribution in [0.2, 0.25) is 5.02 Å². The molecule has 0 unspecified atom stereocenters. The van der Waals surface area contributed by atoms with E-state index in [1.807, 2.05) is 25.1 Å². The maximum atomic E-state index is 12.8. The molecule has 0 aliphatic rings. The summed E-state index contributed by atoms with van der Waals surface area (Å²) in [5.74, 6) is -0.404. The second kappa shape index (κ2) is 6.53. The lowest BCUT2D eigenvalue weighted by Crippen LogP contribution is -2.28. The number of carbonyl (C=O) groups excluding carboxylic acids is 1. The molecule has 0 radical (unpaired) electrons. The highest BCUT2D eigenvalue weighted by molar-refractivity contribution is 6.31. The van der Waals surface area contributed by atoms with Gasteiger partial charge in [-0.2, -0.15) is 0 Å². The zero-order chi connectivity index (χ0) is 14.5. The second-order valence-corrected chi connectivity index (χ2v) is 5.02. The van der Waals surface area contributed by atoms with E-state index in [0.717, 1.165) is 11.1 Å². The van der Waals surface area contributed by atoms with Crippen molar-refractivity contribution in [1.29, 1.82) is 0 Å². The Labute approximate surface area is 122 Å². The minimum atomic E-state index is -0.289. The van der Waals surface area contributed by atoms with Gasteiger partial charge in [0.05, 0.1) is 12.5 Å². The topological polar surface area (TPSA) is 29.1 Å². The summed E-state index contributed by atoms with van der Waals surface area (Å²) in [6, 6.07) is 13.2. The number of nitrogens with one attached hydrogen (secondary N) is 1. The molecule has 0 saturated heterocycles. The third-order valence-corrected chi connectivity index (χ3v) is 3.43. The summed E-state index contributed by atoms with van der Waals surface area (Å²) in [7, 11) is 0. The van der Waals surface area contributed by atoms with E-state index in [-0.39, 0.29) is 24.2 Å². The number of hydrogen-bond acceptors (Lipinski definition) is 1. The first-order chi connectivity index (χ1) is 9.56. The van der Waals surface area contributed by atoms with Crippen molar-refractivity contribution in [3.05, 3.63) is 70.5 Å². The molecule has 2 rings (SSSR count). The fraction of sp³-hybridized carbons (Fsp3) is 0.188. The molecule has 104 valence electrons. The molecule has 2 aromatic rings. The quantitative estimate of drug-likeness (QED) is 0.909. The third kappa shape index (κ3) is 3.81. The largest absolute Gasteiger partial charge is 0.349 e. The van der Waals surface area contributed by atoms with Crippen LogP contribution >= 0.6 is 11.6 Å². The fourth-order valence-corrected chi connectivity index (χ4v) is 2.14. The average Bonchev–Trinajstić information content (AvgIpc) is 2.42. The number of hydrogen-bond donors (Lipinski definition) is 1.